The Morgan fingerprint density at radius 1 is 1.11 bits per heavy atom. The van der Waals surface area contributed by atoms with Crippen LogP contribution in [0.1, 0.15) is 10.6 Å². The van der Waals surface area contributed by atoms with Gasteiger partial charge in [0.15, 0.2) is 5.13 Å². The van der Waals surface area contributed by atoms with E-state index < -0.39 is 0 Å². The number of halogens is 1. The predicted octanol–water partition coefficient (Wildman–Crippen LogP) is 4.10. The molecule has 0 atom stereocenters. The van der Waals surface area contributed by atoms with E-state index in [0.717, 1.165) is 21.7 Å². The van der Waals surface area contributed by atoms with Crippen LogP contribution in [0, 0.1) is 13.8 Å². The molecule has 0 aliphatic heterocycles. The van der Waals surface area contributed by atoms with E-state index in [1.165, 1.54) is 4.88 Å². The molecule has 0 fully saturated rings. The summed E-state index contributed by atoms with van der Waals surface area (Å²) >= 11 is 7.55. The molecule has 3 rings (SSSR count). The van der Waals surface area contributed by atoms with E-state index in [2.05, 4.69) is 20.3 Å². The number of thiazole rings is 1. The van der Waals surface area contributed by atoms with Crippen molar-refractivity contribution in [2.45, 2.75) is 13.8 Å². The van der Waals surface area contributed by atoms with Crippen molar-refractivity contribution in [1.29, 1.82) is 0 Å². The van der Waals surface area contributed by atoms with Crippen molar-refractivity contribution < 1.29 is 0 Å². The standard InChI is InChI=1S/C13H11ClN4S/c1-7-8(2)19-13(15-7)18-11-9-5-3-4-6-10(9)16-12(14)17-11/h3-6H,1-2H3,(H,15,16,17,18). The topological polar surface area (TPSA) is 50.7 Å². The summed E-state index contributed by atoms with van der Waals surface area (Å²) in [6, 6.07) is 7.74. The molecule has 0 spiro atoms. The van der Waals surface area contributed by atoms with Crippen molar-refractivity contribution >= 4 is 44.8 Å². The van der Waals surface area contributed by atoms with Crippen LogP contribution >= 0.6 is 22.9 Å². The number of benzene rings is 1. The average molecular weight is 291 g/mol. The molecule has 0 bridgehead atoms. The van der Waals surface area contributed by atoms with E-state index in [1.54, 1.807) is 11.3 Å². The first kappa shape index (κ1) is 12.3. The maximum atomic E-state index is 5.95. The molecule has 19 heavy (non-hydrogen) atoms. The number of rotatable bonds is 2. The number of aryl methyl sites for hydroxylation is 2. The second-order valence-corrected chi connectivity index (χ2v) is 5.69. The molecule has 4 nitrogen and oxygen atoms in total. The van der Waals surface area contributed by atoms with Gasteiger partial charge in [0.05, 0.1) is 11.2 Å². The van der Waals surface area contributed by atoms with E-state index in [4.69, 9.17) is 11.6 Å². The van der Waals surface area contributed by atoms with Crippen molar-refractivity contribution in [3.05, 3.63) is 40.1 Å². The quantitative estimate of drug-likeness (QED) is 0.722. The molecular weight excluding hydrogens is 280 g/mol. The molecule has 6 heteroatoms. The number of aromatic nitrogens is 3. The first-order valence-electron chi connectivity index (χ1n) is 5.77. The number of hydrogen-bond donors (Lipinski definition) is 1. The zero-order chi connectivity index (χ0) is 13.4. The molecule has 0 radical (unpaired) electrons. The Balaban J connectivity index is 2.09. The van der Waals surface area contributed by atoms with Gasteiger partial charge in [-0.15, -0.1) is 11.3 Å². The molecule has 0 amide bonds. The van der Waals surface area contributed by atoms with Gasteiger partial charge in [0.2, 0.25) is 5.28 Å². The largest absolute Gasteiger partial charge is 0.316 e. The van der Waals surface area contributed by atoms with E-state index in [9.17, 15) is 0 Å². The van der Waals surface area contributed by atoms with Crippen LogP contribution in [-0.4, -0.2) is 15.0 Å². The van der Waals surface area contributed by atoms with Gasteiger partial charge in [0, 0.05) is 10.3 Å². The van der Waals surface area contributed by atoms with E-state index >= 15 is 0 Å². The van der Waals surface area contributed by atoms with Gasteiger partial charge in [-0.25, -0.2) is 9.97 Å². The lowest BCUT2D eigenvalue weighted by Gasteiger charge is -2.06. The summed E-state index contributed by atoms with van der Waals surface area (Å²) in [7, 11) is 0. The van der Waals surface area contributed by atoms with Crippen molar-refractivity contribution in [3.8, 4) is 0 Å². The first-order chi connectivity index (χ1) is 9.13. The summed E-state index contributed by atoms with van der Waals surface area (Å²) in [5.74, 6) is 0.685. The number of fused-ring (bicyclic) bond motifs is 1. The van der Waals surface area contributed by atoms with Crippen molar-refractivity contribution in [1.82, 2.24) is 15.0 Å². The molecule has 3 aromatic rings. The van der Waals surface area contributed by atoms with Gasteiger partial charge in [-0.05, 0) is 37.6 Å². The predicted molar refractivity (Wildman–Crippen MR) is 79.4 cm³/mol. The summed E-state index contributed by atoms with van der Waals surface area (Å²) in [5, 5.41) is 5.19. The molecule has 0 saturated heterocycles. The Morgan fingerprint density at radius 3 is 2.63 bits per heavy atom. The number of hydrogen-bond acceptors (Lipinski definition) is 5. The monoisotopic (exact) mass is 290 g/mol. The fourth-order valence-electron chi connectivity index (χ4n) is 1.77. The molecule has 0 aliphatic carbocycles. The molecule has 1 N–H and O–H groups in total. The SMILES string of the molecule is Cc1nc(Nc2nc(Cl)nc3ccccc23)sc1C. The fourth-order valence-corrected chi connectivity index (χ4v) is 2.76. The summed E-state index contributed by atoms with van der Waals surface area (Å²) in [6.45, 7) is 4.03. The van der Waals surface area contributed by atoms with Gasteiger partial charge < -0.3 is 5.32 Å². The molecule has 0 aliphatic rings. The zero-order valence-electron chi connectivity index (χ0n) is 10.4. The minimum Gasteiger partial charge on any atom is -0.316 e. The normalized spacial score (nSPS) is 10.9. The summed E-state index contributed by atoms with van der Waals surface area (Å²) < 4.78 is 0. The Kier molecular flexibility index (Phi) is 3.08. The van der Waals surface area contributed by atoms with E-state index in [-0.39, 0.29) is 5.28 Å². The summed E-state index contributed by atoms with van der Waals surface area (Å²) in [6.07, 6.45) is 0. The maximum Gasteiger partial charge on any atom is 0.224 e. The molecule has 0 saturated carbocycles. The van der Waals surface area contributed by atoms with E-state index in [1.807, 2.05) is 38.1 Å². The lowest BCUT2D eigenvalue weighted by Crippen LogP contribution is -1.96. The Bertz CT molecular complexity index is 734. The van der Waals surface area contributed by atoms with Crippen LogP contribution in [0.25, 0.3) is 10.9 Å². The zero-order valence-corrected chi connectivity index (χ0v) is 12.0. The lowest BCUT2D eigenvalue weighted by atomic mass is 10.2. The molecule has 1 aromatic carbocycles. The van der Waals surface area contributed by atoms with Crippen LogP contribution < -0.4 is 5.32 Å². The van der Waals surface area contributed by atoms with Gasteiger partial charge in [-0.2, -0.15) is 4.98 Å². The minimum atomic E-state index is 0.228. The van der Waals surface area contributed by atoms with Gasteiger partial charge in [-0.1, -0.05) is 12.1 Å². The highest BCUT2D eigenvalue weighted by Crippen LogP contribution is 2.28. The number of anilines is 2. The van der Waals surface area contributed by atoms with Crippen LogP contribution in [0.5, 0.6) is 0 Å². The lowest BCUT2D eigenvalue weighted by molar-refractivity contribution is 1.19. The highest BCUT2D eigenvalue weighted by Gasteiger charge is 2.09. The number of nitrogens with zero attached hydrogens (tertiary/aromatic N) is 3. The van der Waals surface area contributed by atoms with Crippen LogP contribution in [0.15, 0.2) is 24.3 Å². The fraction of sp³-hybridized carbons (Fsp3) is 0.154. The highest BCUT2D eigenvalue weighted by molar-refractivity contribution is 7.15. The van der Waals surface area contributed by atoms with Crippen LogP contribution in [0.4, 0.5) is 10.9 Å². The third kappa shape index (κ3) is 2.39. The highest BCUT2D eigenvalue weighted by atomic mass is 35.5. The molecule has 2 heterocycles. The Hall–Kier alpha value is -1.72. The van der Waals surface area contributed by atoms with Crippen LogP contribution in [-0.2, 0) is 0 Å². The molecule has 2 aromatic heterocycles. The second kappa shape index (κ2) is 4.75. The van der Waals surface area contributed by atoms with Crippen LogP contribution in [0.3, 0.4) is 0 Å². The number of nitrogens with one attached hydrogen (secondary N) is 1. The van der Waals surface area contributed by atoms with Gasteiger partial charge in [0.25, 0.3) is 0 Å². The molecule has 0 unspecified atom stereocenters. The first-order valence-corrected chi connectivity index (χ1v) is 6.96. The smallest absolute Gasteiger partial charge is 0.224 e. The number of para-hydroxylation sites is 1. The van der Waals surface area contributed by atoms with Gasteiger partial charge in [0.1, 0.15) is 5.82 Å². The third-order valence-electron chi connectivity index (χ3n) is 2.83. The van der Waals surface area contributed by atoms with Crippen molar-refractivity contribution in [2.24, 2.45) is 0 Å². The van der Waals surface area contributed by atoms with E-state index in [0.29, 0.717) is 5.82 Å². The minimum absolute atomic E-state index is 0.228. The van der Waals surface area contributed by atoms with Crippen LogP contribution in [0.2, 0.25) is 5.28 Å². The average Bonchev–Trinajstić information content (AvgIpc) is 2.68. The Morgan fingerprint density at radius 2 is 1.89 bits per heavy atom. The van der Waals surface area contributed by atoms with Gasteiger partial charge in [-0.3, -0.25) is 0 Å². The van der Waals surface area contributed by atoms with Gasteiger partial charge >= 0.3 is 0 Å². The third-order valence-corrected chi connectivity index (χ3v) is 3.99. The second-order valence-electron chi connectivity index (χ2n) is 4.14. The summed E-state index contributed by atoms with van der Waals surface area (Å²) in [4.78, 5) is 14.1. The molecule has 96 valence electrons. The Labute approximate surface area is 119 Å². The summed E-state index contributed by atoms with van der Waals surface area (Å²) in [5.41, 5.74) is 1.84. The molecular formula is C13H11ClN4S. The van der Waals surface area contributed by atoms with Crippen molar-refractivity contribution in [3.63, 3.8) is 0 Å². The van der Waals surface area contributed by atoms with Crippen molar-refractivity contribution in [2.75, 3.05) is 5.32 Å². The maximum absolute atomic E-state index is 5.95.